The van der Waals surface area contributed by atoms with Gasteiger partial charge in [-0.25, -0.2) is 4.68 Å². The molecule has 0 unspecified atom stereocenters. The van der Waals surface area contributed by atoms with Gasteiger partial charge in [0.1, 0.15) is 11.4 Å². The van der Waals surface area contributed by atoms with Crippen LogP contribution in [0.2, 0.25) is 0 Å². The first-order valence-corrected chi connectivity index (χ1v) is 8.56. The second kappa shape index (κ2) is 7.28. The SMILES string of the molecule is Cc1ccn(-c2ccc(NCCNC(=O)c3cc4ccccc4o3)nn2)n1. The Bertz CT molecular complexity index is 1030. The topological polar surface area (TPSA) is 97.9 Å². The average Bonchev–Trinajstić information content (AvgIpc) is 3.32. The molecule has 0 aliphatic carbocycles. The minimum Gasteiger partial charge on any atom is -0.451 e. The molecule has 4 aromatic rings. The number of anilines is 1. The van der Waals surface area contributed by atoms with Crippen LogP contribution in [0.5, 0.6) is 0 Å². The number of hydrogen-bond acceptors (Lipinski definition) is 6. The molecular weight excluding hydrogens is 344 g/mol. The van der Waals surface area contributed by atoms with Gasteiger partial charge in [0.05, 0.1) is 5.69 Å². The highest BCUT2D eigenvalue weighted by Gasteiger charge is 2.11. The Morgan fingerprint density at radius 1 is 1.11 bits per heavy atom. The lowest BCUT2D eigenvalue weighted by Crippen LogP contribution is -2.28. The van der Waals surface area contributed by atoms with Crippen molar-refractivity contribution in [3.8, 4) is 5.82 Å². The highest BCUT2D eigenvalue weighted by Crippen LogP contribution is 2.18. The van der Waals surface area contributed by atoms with Crippen molar-refractivity contribution in [2.45, 2.75) is 6.92 Å². The summed E-state index contributed by atoms with van der Waals surface area (Å²) in [6.45, 7) is 2.86. The Balaban J connectivity index is 1.27. The molecule has 8 nitrogen and oxygen atoms in total. The van der Waals surface area contributed by atoms with Crippen molar-refractivity contribution in [1.29, 1.82) is 0 Å². The van der Waals surface area contributed by atoms with Crippen LogP contribution >= 0.6 is 0 Å². The Labute approximate surface area is 155 Å². The zero-order chi connectivity index (χ0) is 18.6. The Morgan fingerprint density at radius 2 is 2.00 bits per heavy atom. The number of carbonyl (C=O) groups excluding carboxylic acids is 1. The molecule has 1 amide bonds. The van der Waals surface area contributed by atoms with Gasteiger partial charge in [0.25, 0.3) is 5.91 Å². The number of rotatable bonds is 6. The fourth-order valence-electron chi connectivity index (χ4n) is 2.63. The second-order valence-corrected chi connectivity index (χ2v) is 6.01. The largest absolute Gasteiger partial charge is 0.451 e. The van der Waals surface area contributed by atoms with Gasteiger partial charge in [-0.15, -0.1) is 10.2 Å². The molecule has 0 radical (unpaired) electrons. The average molecular weight is 362 g/mol. The summed E-state index contributed by atoms with van der Waals surface area (Å²) >= 11 is 0. The summed E-state index contributed by atoms with van der Waals surface area (Å²) in [7, 11) is 0. The van der Waals surface area contributed by atoms with Crippen molar-refractivity contribution in [1.82, 2.24) is 25.3 Å². The smallest absolute Gasteiger partial charge is 0.287 e. The molecule has 8 heteroatoms. The number of furan rings is 1. The third kappa shape index (κ3) is 3.79. The van der Waals surface area contributed by atoms with Crippen molar-refractivity contribution >= 4 is 22.7 Å². The summed E-state index contributed by atoms with van der Waals surface area (Å²) in [6.07, 6.45) is 1.83. The fraction of sp³-hybridized carbons (Fsp3) is 0.158. The van der Waals surface area contributed by atoms with E-state index in [1.54, 1.807) is 10.7 Å². The van der Waals surface area contributed by atoms with Gasteiger partial charge < -0.3 is 15.1 Å². The standard InChI is InChI=1S/C19H18N6O2/c1-13-8-11-25(24-13)18-7-6-17(22-23-18)20-9-10-21-19(26)16-12-14-4-2-3-5-15(14)27-16/h2-8,11-12H,9-10H2,1H3,(H,20,22)(H,21,26). The lowest BCUT2D eigenvalue weighted by molar-refractivity contribution is 0.0929. The first-order valence-electron chi connectivity index (χ1n) is 8.56. The van der Waals surface area contributed by atoms with E-state index in [2.05, 4.69) is 25.9 Å². The maximum Gasteiger partial charge on any atom is 0.287 e. The van der Waals surface area contributed by atoms with E-state index in [1.165, 1.54) is 0 Å². The van der Waals surface area contributed by atoms with Crippen molar-refractivity contribution in [3.63, 3.8) is 0 Å². The molecule has 1 aromatic carbocycles. The van der Waals surface area contributed by atoms with Crippen LogP contribution in [0.4, 0.5) is 5.82 Å². The first-order chi connectivity index (χ1) is 13.2. The van der Waals surface area contributed by atoms with Crippen molar-refractivity contribution in [2.75, 3.05) is 18.4 Å². The zero-order valence-corrected chi connectivity index (χ0v) is 14.7. The van der Waals surface area contributed by atoms with Crippen LogP contribution in [0, 0.1) is 6.92 Å². The van der Waals surface area contributed by atoms with Gasteiger partial charge >= 0.3 is 0 Å². The molecule has 136 valence electrons. The number of benzene rings is 1. The van der Waals surface area contributed by atoms with Gasteiger partial charge in [-0.1, -0.05) is 18.2 Å². The Morgan fingerprint density at radius 3 is 2.74 bits per heavy atom. The molecule has 0 spiro atoms. The normalized spacial score (nSPS) is 10.9. The molecular formula is C19H18N6O2. The van der Waals surface area contributed by atoms with Crippen LogP contribution in [-0.2, 0) is 0 Å². The van der Waals surface area contributed by atoms with Crippen LogP contribution in [0.25, 0.3) is 16.8 Å². The van der Waals surface area contributed by atoms with Crippen molar-refractivity contribution in [3.05, 3.63) is 66.2 Å². The van der Waals surface area contributed by atoms with Crippen LogP contribution in [0.3, 0.4) is 0 Å². The lowest BCUT2D eigenvalue weighted by Gasteiger charge is -2.06. The zero-order valence-electron chi connectivity index (χ0n) is 14.7. The molecule has 3 heterocycles. The maximum atomic E-state index is 12.2. The molecule has 3 aromatic heterocycles. The fourth-order valence-corrected chi connectivity index (χ4v) is 2.63. The molecule has 0 aliphatic rings. The van der Waals surface area contributed by atoms with Crippen molar-refractivity contribution < 1.29 is 9.21 Å². The quantitative estimate of drug-likeness (QED) is 0.512. The number of nitrogens with zero attached hydrogens (tertiary/aromatic N) is 4. The maximum absolute atomic E-state index is 12.2. The predicted octanol–water partition coefficient (Wildman–Crippen LogP) is 2.56. The number of hydrogen-bond donors (Lipinski definition) is 2. The molecule has 4 rings (SSSR count). The molecule has 2 N–H and O–H groups in total. The van der Waals surface area contributed by atoms with E-state index in [4.69, 9.17) is 4.42 Å². The van der Waals surface area contributed by atoms with Gasteiger partial charge in [0, 0.05) is 24.7 Å². The van der Waals surface area contributed by atoms with Gasteiger partial charge in [0.15, 0.2) is 11.6 Å². The number of para-hydroxylation sites is 1. The van der Waals surface area contributed by atoms with Crippen LogP contribution < -0.4 is 10.6 Å². The van der Waals surface area contributed by atoms with Gasteiger partial charge in [0.2, 0.25) is 0 Å². The molecule has 0 saturated heterocycles. The monoisotopic (exact) mass is 362 g/mol. The summed E-state index contributed by atoms with van der Waals surface area (Å²) in [6, 6.07) is 14.8. The number of aryl methyl sites for hydroxylation is 1. The number of fused-ring (bicyclic) bond motifs is 1. The summed E-state index contributed by atoms with van der Waals surface area (Å²) < 4.78 is 7.21. The van der Waals surface area contributed by atoms with Gasteiger partial charge in [-0.3, -0.25) is 4.79 Å². The number of amides is 1. The summed E-state index contributed by atoms with van der Waals surface area (Å²) in [5, 5.41) is 19.4. The summed E-state index contributed by atoms with van der Waals surface area (Å²) in [4.78, 5) is 12.2. The highest BCUT2D eigenvalue weighted by atomic mass is 16.3. The number of nitrogens with one attached hydrogen (secondary N) is 2. The van der Waals surface area contributed by atoms with E-state index >= 15 is 0 Å². The van der Waals surface area contributed by atoms with E-state index in [0.29, 0.717) is 36.1 Å². The van der Waals surface area contributed by atoms with Crippen LogP contribution in [0.1, 0.15) is 16.2 Å². The van der Waals surface area contributed by atoms with Gasteiger partial charge in [-0.2, -0.15) is 5.10 Å². The van der Waals surface area contributed by atoms with E-state index < -0.39 is 0 Å². The molecule has 0 fully saturated rings. The molecule has 0 saturated carbocycles. The van der Waals surface area contributed by atoms with Gasteiger partial charge in [-0.05, 0) is 37.3 Å². The molecule has 0 atom stereocenters. The minimum absolute atomic E-state index is 0.247. The van der Waals surface area contributed by atoms with Crippen molar-refractivity contribution in [2.24, 2.45) is 0 Å². The highest BCUT2D eigenvalue weighted by molar-refractivity contribution is 5.96. The number of aromatic nitrogens is 4. The lowest BCUT2D eigenvalue weighted by atomic mass is 10.2. The molecule has 27 heavy (non-hydrogen) atoms. The van der Waals surface area contributed by atoms with E-state index in [0.717, 1.165) is 11.1 Å². The predicted molar refractivity (Wildman–Crippen MR) is 101 cm³/mol. The Hall–Kier alpha value is -3.68. The van der Waals surface area contributed by atoms with E-state index in [-0.39, 0.29) is 5.91 Å². The van der Waals surface area contributed by atoms with Crippen LogP contribution in [0.15, 0.2) is 59.1 Å². The minimum atomic E-state index is -0.247. The summed E-state index contributed by atoms with van der Waals surface area (Å²) in [5.41, 5.74) is 1.61. The first kappa shape index (κ1) is 16.8. The third-order valence-electron chi connectivity index (χ3n) is 3.97. The number of carbonyl (C=O) groups is 1. The molecule has 0 aliphatic heterocycles. The van der Waals surface area contributed by atoms with E-state index in [1.807, 2.05) is 55.6 Å². The van der Waals surface area contributed by atoms with E-state index in [9.17, 15) is 4.79 Å². The van der Waals surface area contributed by atoms with Crippen LogP contribution in [-0.4, -0.2) is 39.0 Å². The second-order valence-electron chi connectivity index (χ2n) is 6.01. The summed E-state index contributed by atoms with van der Waals surface area (Å²) in [5.74, 6) is 1.32. The molecule has 0 bridgehead atoms. The third-order valence-corrected chi connectivity index (χ3v) is 3.97. The Kier molecular flexibility index (Phi) is 4.52.